The van der Waals surface area contributed by atoms with Crippen LogP contribution in [-0.4, -0.2) is 22.7 Å². The topological polar surface area (TPSA) is 77.3 Å². The van der Waals surface area contributed by atoms with Crippen molar-refractivity contribution in [1.82, 2.24) is 10.2 Å². The van der Waals surface area contributed by atoms with E-state index in [-0.39, 0.29) is 11.9 Å². The number of amides is 1. The van der Waals surface area contributed by atoms with Crippen molar-refractivity contribution in [1.29, 1.82) is 0 Å². The minimum atomic E-state index is -0.173. The predicted molar refractivity (Wildman–Crippen MR) is 69.8 cm³/mol. The lowest BCUT2D eigenvalue weighted by Gasteiger charge is -2.06. The second-order valence-electron chi connectivity index (χ2n) is 3.74. The molecule has 2 aromatic rings. The van der Waals surface area contributed by atoms with E-state index < -0.39 is 0 Å². The zero-order chi connectivity index (χ0) is 13.7. The van der Waals surface area contributed by atoms with E-state index in [2.05, 4.69) is 15.5 Å². The van der Waals surface area contributed by atoms with Gasteiger partial charge in [-0.3, -0.25) is 10.1 Å². The molecule has 2 rings (SSSR count). The highest BCUT2D eigenvalue weighted by molar-refractivity contribution is 5.88. The number of rotatable bonds is 5. The summed E-state index contributed by atoms with van der Waals surface area (Å²) in [6.07, 6.45) is 0.354. The van der Waals surface area contributed by atoms with Crippen LogP contribution in [0.3, 0.4) is 0 Å². The quantitative estimate of drug-likeness (QED) is 0.894. The Labute approximate surface area is 110 Å². The van der Waals surface area contributed by atoms with Crippen LogP contribution >= 0.6 is 0 Å². The number of benzene rings is 1. The zero-order valence-corrected chi connectivity index (χ0v) is 10.8. The van der Waals surface area contributed by atoms with Gasteiger partial charge in [-0.25, -0.2) is 0 Å². The molecule has 0 fully saturated rings. The molecule has 1 aromatic carbocycles. The first kappa shape index (κ1) is 13.1. The SMILES string of the molecule is CCOc1ccccc1-c1nnc(NC(=O)CC)o1. The summed E-state index contributed by atoms with van der Waals surface area (Å²) < 4.78 is 10.9. The number of aromatic nitrogens is 2. The van der Waals surface area contributed by atoms with Crippen LogP contribution < -0.4 is 10.1 Å². The predicted octanol–water partition coefficient (Wildman–Crippen LogP) is 2.48. The van der Waals surface area contributed by atoms with Gasteiger partial charge < -0.3 is 9.15 Å². The van der Waals surface area contributed by atoms with Crippen molar-refractivity contribution in [2.24, 2.45) is 0 Å². The van der Waals surface area contributed by atoms with Crippen molar-refractivity contribution in [3.05, 3.63) is 24.3 Å². The van der Waals surface area contributed by atoms with Gasteiger partial charge in [0.05, 0.1) is 12.2 Å². The molecule has 0 aliphatic rings. The Morgan fingerprint density at radius 1 is 1.32 bits per heavy atom. The fraction of sp³-hybridized carbons (Fsp3) is 0.308. The van der Waals surface area contributed by atoms with Crippen LogP contribution in [-0.2, 0) is 4.79 Å². The van der Waals surface area contributed by atoms with Crippen LogP contribution in [0.4, 0.5) is 6.01 Å². The van der Waals surface area contributed by atoms with Crippen molar-refractivity contribution >= 4 is 11.9 Å². The van der Waals surface area contributed by atoms with E-state index >= 15 is 0 Å². The van der Waals surface area contributed by atoms with Crippen molar-refractivity contribution in [3.8, 4) is 17.2 Å². The van der Waals surface area contributed by atoms with Gasteiger partial charge in [0.2, 0.25) is 5.91 Å². The van der Waals surface area contributed by atoms with Crippen LogP contribution in [0.25, 0.3) is 11.5 Å². The Kier molecular flexibility index (Phi) is 4.12. The van der Waals surface area contributed by atoms with E-state index in [0.717, 1.165) is 0 Å². The molecule has 1 amide bonds. The van der Waals surface area contributed by atoms with Crippen LogP contribution in [0, 0.1) is 0 Å². The van der Waals surface area contributed by atoms with Gasteiger partial charge in [-0.1, -0.05) is 24.2 Å². The van der Waals surface area contributed by atoms with Gasteiger partial charge in [0.25, 0.3) is 5.89 Å². The molecule has 6 nitrogen and oxygen atoms in total. The highest BCUT2D eigenvalue weighted by Crippen LogP contribution is 2.29. The maximum atomic E-state index is 11.2. The molecule has 0 aliphatic carbocycles. The van der Waals surface area contributed by atoms with Crippen molar-refractivity contribution in [2.45, 2.75) is 20.3 Å². The number of hydrogen-bond donors (Lipinski definition) is 1. The molecule has 1 aromatic heterocycles. The summed E-state index contributed by atoms with van der Waals surface area (Å²) in [5.41, 5.74) is 0.703. The Balaban J connectivity index is 2.25. The number of ether oxygens (including phenoxy) is 1. The maximum Gasteiger partial charge on any atom is 0.322 e. The Morgan fingerprint density at radius 2 is 2.11 bits per heavy atom. The second-order valence-corrected chi connectivity index (χ2v) is 3.74. The summed E-state index contributed by atoms with van der Waals surface area (Å²) in [5, 5.41) is 10.2. The van der Waals surface area contributed by atoms with E-state index in [0.29, 0.717) is 30.2 Å². The number of anilines is 1. The Hall–Kier alpha value is -2.37. The zero-order valence-electron chi connectivity index (χ0n) is 10.8. The van der Waals surface area contributed by atoms with Gasteiger partial charge >= 0.3 is 6.01 Å². The summed E-state index contributed by atoms with van der Waals surface area (Å²) in [6, 6.07) is 7.46. The van der Waals surface area contributed by atoms with Gasteiger partial charge in [0, 0.05) is 6.42 Å². The van der Waals surface area contributed by atoms with E-state index in [9.17, 15) is 4.79 Å². The lowest BCUT2D eigenvalue weighted by Crippen LogP contribution is -2.09. The van der Waals surface area contributed by atoms with Gasteiger partial charge in [-0.2, -0.15) is 0 Å². The van der Waals surface area contributed by atoms with Crippen molar-refractivity contribution in [3.63, 3.8) is 0 Å². The maximum absolute atomic E-state index is 11.2. The number of carbonyl (C=O) groups excluding carboxylic acids is 1. The summed E-state index contributed by atoms with van der Waals surface area (Å²) in [4.78, 5) is 11.2. The molecule has 0 aliphatic heterocycles. The van der Waals surface area contributed by atoms with Gasteiger partial charge in [-0.05, 0) is 19.1 Å². The molecule has 0 radical (unpaired) electrons. The molecule has 0 bridgehead atoms. The lowest BCUT2D eigenvalue weighted by molar-refractivity contribution is -0.116. The van der Waals surface area contributed by atoms with Crippen LogP contribution in [0.5, 0.6) is 5.75 Å². The van der Waals surface area contributed by atoms with Crippen LogP contribution in [0.2, 0.25) is 0 Å². The second kappa shape index (κ2) is 5.99. The number of carbonyl (C=O) groups is 1. The molecule has 0 saturated heterocycles. The summed E-state index contributed by atoms with van der Waals surface area (Å²) in [7, 11) is 0. The van der Waals surface area contributed by atoms with Gasteiger partial charge in [0.15, 0.2) is 0 Å². The number of nitrogens with one attached hydrogen (secondary N) is 1. The van der Waals surface area contributed by atoms with Gasteiger partial charge in [0.1, 0.15) is 5.75 Å². The van der Waals surface area contributed by atoms with Gasteiger partial charge in [-0.15, -0.1) is 5.10 Å². The lowest BCUT2D eigenvalue weighted by atomic mass is 10.2. The first-order valence-electron chi connectivity index (χ1n) is 6.10. The third-order valence-electron chi connectivity index (χ3n) is 2.41. The van der Waals surface area contributed by atoms with Crippen molar-refractivity contribution in [2.75, 3.05) is 11.9 Å². The summed E-state index contributed by atoms with van der Waals surface area (Å²) in [5.74, 6) is 0.811. The van der Waals surface area contributed by atoms with Crippen molar-refractivity contribution < 1.29 is 13.9 Å². The molecule has 6 heteroatoms. The standard InChI is InChI=1S/C13H15N3O3/c1-3-11(17)14-13-16-15-12(19-13)9-7-5-6-8-10(9)18-4-2/h5-8H,3-4H2,1-2H3,(H,14,16,17). The smallest absolute Gasteiger partial charge is 0.322 e. The molecule has 0 spiro atoms. The monoisotopic (exact) mass is 261 g/mol. The molecular weight excluding hydrogens is 246 g/mol. The first-order chi connectivity index (χ1) is 9.24. The minimum Gasteiger partial charge on any atom is -0.493 e. The van der Waals surface area contributed by atoms with Crippen LogP contribution in [0.15, 0.2) is 28.7 Å². The molecule has 0 saturated carbocycles. The Bertz CT molecular complexity index is 566. The van der Waals surface area contributed by atoms with Crippen LogP contribution in [0.1, 0.15) is 20.3 Å². The highest BCUT2D eigenvalue weighted by Gasteiger charge is 2.14. The fourth-order valence-electron chi connectivity index (χ4n) is 1.51. The third kappa shape index (κ3) is 3.09. The normalized spacial score (nSPS) is 10.2. The fourth-order valence-corrected chi connectivity index (χ4v) is 1.51. The van der Waals surface area contributed by atoms with E-state index in [4.69, 9.17) is 9.15 Å². The Morgan fingerprint density at radius 3 is 2.84 bits per heavy atom. The van der Waals surface area contributed by atoms with E-state index in [1.54, 1.807) is 6.92 Å². The molecule has 0 unspecified atom stereocenters. The molecule has 19 heavy (non-hydrogen) atoms. The molecule has 100 valence electrons. The molecule has 1 heterocycles. The number of para-hydroxylation sites is 1. The van der Waals surface area contributed by atoms with E-state index in [1.807, 2.05) is 31.2 Å². The summed E-state index contributed by atoms with van der Waals surface area (Å²) >= 11 is 0. The number of nitrogens with zero attached hydrogens (tertiary/aromatic N) is 2. The molecule has 1 N–H and O–H groups in total. The molecular formula is C13H15N3O3. The highest BCUT2D eigenvalue weighted by atomic mass is 16.5. The van der Waals surface area contributed by atoms with E-state index in [1.165, 1.54) is 0 Å². The first-order valence-corrected chi connectivity index (χ1v) is 6.10. The largest absolute Gasteiger partial charge is 0.493 e. The molecule has 0 atom stereocenters. The number of hydrogen-bond acceptors (Lipinski definition) is 5. The minimum absolute atomic E-state index is 0.0909. The summed E-state index contributed by atoms with van der Waals surface area (Å²) in [6.45, 7) is 4.19. The third-order valence-corrected chi connectivity index (χ3v) is 2.41. The average molecular weight is 261 g/mol. The average Bonchev–Trinajstić information content (AvgIpc) is 2.88.